The molecule has 2 heterocycles. The molecular weight excluding hydrogens is 292 g/mol. The van der Waals surface area contributed by atoms with E-state index >= 15 is 0 Å². The van der Waals surface area contributed by atoms with Crippen LogP contribution in [-0.2, 0) is 4.74 Å². The van der Waals surface area contributed by atoms with Crippen LogP contribution in [-0.4, -0.2) is 13.7 Å². The monoisotopic (exact) mass is 306 g/mol. The van der Waals surface area contributed by atoms with E-state index in [9.17, 15) is 0 Å². The van der Waals surface area contributed by atoms with Gasteiger partial charge in [-0.25, -0.2) is 0 Å². The third kappa shape index (κ3) is 2.64. The van der Waals surface area contributed by atoms with Crippen molar-refractivity contribution < 1.29 is 4.74 Å². The van der Waals surface area contributed by atoms with E-state index in [1.54, 1.807) is 18.4 Å². The molecule has 5 heteroatoms. The number of rotatable bonds is 4. The van der Waals surface area contributed by atoms with Crippen LogP contribution in [0.2, 0.25) is 5.02 Å². The van der Waals surface area contributed by atoms with E-state index in [0.717, 1.165) is 10.6 Å². The number of benzene rings is 1. The molecule has 1 aliphatic rings. The summed E-state index contributed by atoms with van der Waals surface area (Å²) in [6.45, 7) is 0.642. The SMILES string of the molecule is COCC1C(c2ccc(Cl)cc2)N=NC1c1cccs1. The molecule has 0 saturated carbocycles. The van der Waals surface area contributed by atoms with Crippen molar-refractivity contribution in [2.24, 2.45) is 16.1 Å². The molecule has 3 nitrogen and oxygen atoms in total. The van der Waals surface area contributed by atoms with Crippen LogP contribution in [0.4, 0.5) is 0 Å². The zero-order valence-electron chi connectivity index (χ0n) is 11.1. The minimum absolute atomic E-state index is 0.0410. The van der Waals surface area contributed by atoms with Crippen molar-refractivity contribution in [2.75, 3.05) is 13.7 Å². The van der Waals surface area contributed by atoms with Crippen LogP contribution in [0, 0.1) is 5.92 Å². The Morgan fingerprint density at radius 2 is 1.90 bits per heavy atom. The maximum Gasteiger partial charge on any atom is 0.112 e. The molecule has 0 bridgehead atoms. The Morgan fingerprint density at radius 3 is 2.55 bits per heavy atom. The summed E-state index contributed by atoms with van der Waals surface area (Å²) in [7, 11) is 1.72. The lowest BCUT2D eigenvalue weighted by atomic mass is 9.89. The average molecular weight is 307 g/mol. The second-order valence-corrected chi connectivity index (χ2v) is 6.22. The summed E-state index contributed by atoms with van der Waals surface area (Å²) in [5.74, 6) is 0.236. The Kier molecular flexibility index (Phi) is 4.15. The number of halogens is 1. The van der Waals surface area contributed by atoms with Gasteiger partial charge in [0.1, 0.15) is 12.1 Å². The third-order valence-corrected chi connectivity index (χ3v) is 4.73. The molecule has 2 aromatic rings. The Morgan fingerprint density at radius 1 is 1.15 bits per heavy atom. The van der Waals surface area contributed by atoms with Gasteiger partial charge in [0.15, 0.2) is 0 Å². The van der Waals surface area contributed by atoms with Gasteiger partial charge in [0, 0.05) is 22.9 Å². The predicted molar refractivity (Wildman–Crippen MR) is 81.5 cm³/mol. The van der Waals surface area contributed by atoms with E-state index < -0.39 is 0 Å². The van der Waals surface area contributed by atoms with Crippen LogP contribution in [0.15, 0.2) is 52.0 Å². The number of nitrogens with zero attached hydrogens (tertiary/aromatic N) is 2. The third-order valence-electron chi connectivity index (χ3n) is 3.53. The van der Waals surface area contributed by atoms with Gasteiger partial charge in [0.2, 0.25) is 0 Å². The molecule has 0 N–H and O–H groups in total. The minimum atomic E-state index is 0.0410. The first-order valence-corrected chi connectivity index (χ1v) is 7.73. The fourth-order valence-electron chi connectivity index (χ4n) is 2.56. The largest absolute Gasteiger partial charge is 0.384 e. The van der Waals surface area contributed by atoms with Crippen LogP contribution in [0.25, 0.3) is 0 Å². The maximum atomic E-state index is 5.95. The molecule has 0 radical (unpaired) electrons. The highest BCUT2D eigenvalue weighted by atomic mass is 35.5. The minimum Gasteiger partial charge on any atom is -0.384 e. The highest BCUT2D eigenvalue weighted by molar-refractivity contribution is 7.10. The molecule has 3 rings (SSSR count). The van der Waals surface area contributed by atoms with Crippen LogP contribution in [0.1, 0.15) is 22.5 Å². The molecule has 0 amide bonds. The van der Waals surface area contributed by atoms with Crippen molar-refractivity contribution in [2.45, 2.75) is 12.1 Å². The fraction of sp³-hybridized carbons (Fsp3) is 0.333. The molecule has 1 aromatic carbocycles. The lowest BCUT2D eigenvalue weighted by Crippen LogP contribution is -2.18. The summed E-state index contributed by atoms with van der Waals surface area (Å²) in [5, 5.41) is 11.8. The smallest absolute Gasteiger partial charge is 0.112 e. The Balaban J connectivity index is 1.88. The summed E-state index contributed by atoms with van der Waals surface area (Å²) < 4.78 is 5.39. The highest BCUT2D eigenvalue weighted by Gasteiger charge is 2.37. The molecule has 0 spiro atoms. The van der Waals surface area contributed by atoms with Crippen LogP contribution >= 0.6 is 22.9 Å². The lowest BCUT2D eigenvalue weighted by Gasteiger charge is -2.20. The standard InChI is InChI=1S/C15H15ClN2OS/c1-19-9-12-14(10-4-6-11(16)7-5-10)17-18-15(12)13-3-2-8-20-13/h2-8,12,14-15H,9H2,1H3. The summed E-state index contributed by atoms with van der Waals surface area (Å²) >= 11 is 7.67. The first-order chi connectivity index (χ1) is 9.79. The maximum absolute atomic E-state index is 5.95. The van der Waals surface area contributed by atoms with E-state index in [0.29, 0.717) is 6.61 Å². The second kappa shape index (κ2) is 6.04. The van der Waals surface area contributed by atoms with Crippen molar-refractivity contribution in [3.8, 4) is 0 Å². The summed E-state index contributed by atoms with van der Waals surface area (Å²) in [6, 6.07) is 12.1. The van der Waals surface area contributed by atoms with Gasteiger partial charge in [-0.3, -0.25) is 0 Å². The van der Waals surface area contributed by atoms with Gasteiger partial charge in [0.05, 0.1) is 6.61 Å². The van der Waals surface area contributed by atoms with Crippen molar-refractivity contribution in [3.05, 3.63) is 57.2 Å². The van der Waals surface area contributed by atoms with Crippen molar-refractivity contribution >= 4 is 22.9 Å². The number of ether oxygens (including phenoxy) is 1. The van der Waals surface area contributed by atoms with Gasteiger partial charge < -0.3 is 4.74 Å². The zero-order valence-corrected chi connectivity index (χ0v) is 12.6. The Hall–Kier alpha value is -1.23. The van der Waals surface area contributed by atoms with E-state index in [-0.39, 0.29) is 18.0 Å². The van der Waals surface area contributed by atoms with Gasteiger partial charge in [-0.1, -0.05) is 29.8 Å². The van der Waals surface area contributed by atoms with E-state index in [4.69, 9.17) is 16.3 Å². The van der Waals surface area contributed by atoms with Crippen LogP contribution < -0.4 is 0 Å². The molecule has 104 valence electrons. The molecule has 1 aliphatic heterocycles. The van der Waals surface area contributed by atoms with Crippen molar-refractivity contribution in [1.82, 2.24) is 0 Å². The van der Waals surface area contributed by atoms with Crippen LogP contribution in [0.3, 0.4) is 0 Å². The number of methoxy groups -OCH3 is 1. The zero-order chi connectivity index (χ0) is 13.9. The number of thiophene rings is 1. The fourth-order valence-corrected chi connectivity index (χ4v) is 3.52. The number of hydrogen-bond acceptors (Lipinski definition) is 4. The van der Waals surface area contributed by atoms with Crippen molar-refractivity contribution in [1.29, 1.82) is 0 Å². The lowest BCUT2D eigenvalue weighted by molar-refractivity contribution is 0.137. The molecule has 0 fully saturated rings. The Bertz CT molecular complexity index is 582. The molecule has 3 unspecified atom stereocenters. The summed E-state index contributed by atoms with van der Waals surface area (Å²) in [5.41, 5.74) is 1.14. The first kappa shape index (κ1) is 13.7. The van der Waals surface area contributed by atoms with Gasteiger partial charge >= 0.3 is 0 Å². The predicted octanol–water partition coefficient (Wildman–Crippen LogP) is 4.91. The number of hydrogen-bond donors (Lipinski definition) is 0. The molecular formula is C15H15ClN2OS. The Labute approximate surface area is 127 Å². The average Bonchev–Trinajstić information content (AvgIpc) is 3.09. The normalized spacial score (nSPS) is 25.2. The van der Waals surface area contributed by atoms with E-state index in [1.807, 2.05) is 24.3 Å². The molecule has 3 atom stereocenters. The van der Waals surface area contributed by atoms with E-state index in [1.165, 1.54) is 4.88 Å². The molecule has 1 aromatic heterocycles. The summed E-state index contributed by atoms with van der Waals surface area (Å²) in [4.78, 5) is 1.24. The highest BCUT2D eigenvalue weighted by Crippen LogP contribution is 2.45. The van der Waals surface area contributed by atoms with Gasteiger partial charge in [0.25, 0.3) is 0 Å². The molecule has 0 aliphatic carbocycles. The van der Waals surface area contributed by atoms with E-state index in [2.05, 4.69) is 27.7 Å². The van der Waals surface area contributed by atoms with Gasteiger partial charge in [-0.2, -0.15) is 10.2 Å². The van der Waals surface area contributed by atoms with Gasteiger partial charge in [-0.05, 0) is 29.1 Å². The quantitative estimate of drug-likeness (QED) is 0.790. The first-order valence-electron chi connectivity index (χ1n) is 6.47. The topological polar surface area (TPSA) is 34.0 Å². The molecule has 0 saturated heterocycles. The summed E-state index contributed by atoms with van der Waals surface area (Å²) in [6.07, 6.45) is 0. The second-order valence-electron chi connectivity index (χ2n) is 4.81. The van der Waals surface area contributed by atoms with Gasteiger partial charge in [-0.15, -0.1) is 11.3 Å². The van der Waals surface area contributed by atoms with Crippen LogP contribution in [0.5, 0.6) is 0 Å². The molecule has 20 heavy (non-hydrogen) atoms. The number of azo groups is 1. The van der Waals surface area contributed by atoms with Crippen molar-refractivity contribution in [3.63, 3.8) is 0 Å².